The number of fused-ring (bicyclic) bond motifs is 5. The van der Waals surface area contributed by atoms with E-state index in [1.807, 2.05) is 0 Å². The molecule has 4 rings (SSSR count). The molecular formula is C32H56OSi. The van der Waals surface area contributed by atoms with E-state index in [-0.39, 0.29) is 0 Å². The standard InChI is InChI=1S/C32H56OSi/c1-10-24(22(2)3)12-11-23(4)28-15-16-29-27-14-13-25-21-26(33-34(7,8)9)17-19-31(25,5)30(27)18-20-32(28,29)6/h11-13,22-24,26-30H,10,14-21H2,1-9H3/b12-11+. The molecule has 34 heavy (non-hydrogen) atoms. The van der Waals surface area contributed by atoms with Gasteiger partial charge in [-0.1, -0.05) is 65.3 Å². The van der Waals surface area contributed by atoms with Gasteiger partial charge in [0.15, 0.2) is 8.32 Å². The van der Waals surface area contributed by atoms with Crippen LogP contribution in [0, 0.1) is 52.3 Å². The van der Waals surface area contributed by atoms with Gasteiger partial charge in [-0.2, -0.15) is 0 Å². The van der Waals surface area contributed by atoms with Gasteiger partial charge < -0.3 is 4.43 Å². The first-order valence-electron chi connectivity index (χ1n) is 14.9. The molecule has 0 aromatic carbocycles. The molecule has 0 aromatic rings. The van der Waals surface area contributed by atoms with E-state index in [9.17, 15) is 0 Å². The monoisotopic (exact) mass is 484 g/mol. The Kier molecular flexibility index (Phi) is 7.73. The smallest absolute Gasteiger partial charge is 0.184 e. The summed E-state index contributed by atoms with van der Waals surface area (Å²) >= 11 is 0. The maximum atomic E-state index is 6.59. The molecule has 0 aliphatic heterocycles. The third-order valence-electron chi connectivity index (χ3n) is 11.3. The zero-order valence-corrected chi connectivity index (χ0v) is 25.1. The summed E-state index contributed by atoms with van der Waals surface area (Å²) in [6, 6.07) is 0. The highest BCUT2D eigenvalue weighted by Gasteiger charge is 2.59. The van der Waals surface area contributed by atoms with Crippen LogP contribution in [0.4, 0.5) is 0 Å². The molecule has 194 valence electrons. The topological polar surface area (TPSA) is 9.23 Å². The van der Waals surface area contributed by atoms with Gasteiger partial charge in [-0.05, 0) is 130 Å². The van der Waals surface area contributed by atoms with Crippen LogP contribution in [0.2, 0.25) is 19.6 Å². The van der Waals surface area contributed by atoms with Crippen LogP contribution < -0.4 is 0 Å². The van der Waals surface area contributed by atoms with Gasteiger partial charge in [-0.25, -0.2) is 0 Å². The lowest BCUT2D eigenvalue weighted by atomic mass is 9.47. The van der Waals surface area contributed by atoms with Crippen molar-refractivity contribution >= 4 is 8.32 Å². The molecule has 3 saturated carbocycles. The fraction of sp³-hybridized carbons (Fsp3) is 0.875. The maximum absolute atomic E-state index is 6.59. The highest BCUT2D eigenvalue weighted by molar-refractivity contribution is 6.69. The Bertz CT molecular complexity index is 774. The molecule has 2 heteroatoms. The largest absolute Gasteiger partial charge is 0.414 e. The van der Waals surface area contributed by atoms with Crippen molar-refractivity contribution in [2.75, 3.05) is 0 Å². The minimum Gasteiger partial charge on any atom is -0.414 e. The minimum atomic E-state index is -1.46. The fourth-order valence-corrected chi connectivity index (χ4v) is 10.6. The van der Waals surface area contributed by atoms with Gasteiger partial charge in [-0.3, -0.25) is 0 Å². The molecule has 9 unspecified atom stereocenters. The second-order valence-corrected chi connectivity index (χ2v) is 19.1. The van der Waals surface area contributed by atoms with Crippen LogP contribution in [0.15, 0.2) is 23.8 Å². The average Bonchev–Trinajstić information content (AvgIpc) is 3.10. The Labute approximate surface area is 213 Å². The van der Waals surface area contributed by atoms with Crippen LogP contribution in [-0.2, 0) is 4.43 Å². The molecule has 0 bridgehead atoms. The first-order chi connectivity index (χ1) is 15.9. The molecule has 0 saturated heterocycles. The van der Waals surface area contributed by atoms with Crippen molar-refractivity contribution in [2.45, 2.75) is 125 Å². The first-order valence-corrected chi connectivity index (χ1v) is 18.4. The highest BCUT2D eigenvalue weighted by atomic mass is 28.4. The Morgan fingerprint density at radius 1 is 1.00 bits per heavy atom. The zero-order chi connectivity index (χ0) is 24.9. The van der Waals surface area contributed by atoms with E-state index >= 15 is 0 Å². The van der Waals surface area contributed by atoms with Gasteiger partial charge >= 0.3 is 0 Å². The number of hydrogen-bond acceptors (Lipinski definition) is 1. The molecule has 4 aliphatic rings. The van der Waals surface area contributed by atoms with Gasteiger partial charge in [-0.15, -0.1) is 0 Å². The van der Waals surface area contributed by atoms with Gasteiger partial charge in [0.1, 0.15) is 0 Å². The van der Waals surface area contributed by atoms with Crippen LogP contribution in [-0.4, -0.2) is 14.4 Å². The third-order valence-corrected chi connectivity index (χ3v) is 12.3. The van der Waals surface area contributed by atoms with E-state index in [1.165, 1.54) is 57.8 Å². The van der Waals surface area contributed by atoms with Crippen molar-refractivity contribution < 1.29 is 4.43 Å². The minimum absolute atomic E-state index is 0.443. The summed E-state index contributed by atoms with van der Waals surface area (Å²) in [7, 11) is -1.46. The quantitative estimate of drug-likeness (QED) is 0.258. The van der Waals surface area contributed by atoms with Crippen molar-refractivity contribution in [1.29, 1.82) is 0 Å². The van der Waals surface area contributed by atoms with E-state index in [0.717, 1.165) is 41.4 Å². The van der Waals surface area contributed by atoms with E-state index in [4.69, 9.17) is 4.43 Å². The van der Waals surface area contributed by atoms with Crippen molar-refractivity contribution in [1.82, 2.24) is 0 Å². The second kappa shape index (κ2) is 9.84. The van der Waals surface area contributed by atoms with Crippen molar-refractivity contribution in [2.24, 2.45) is 52.3 Å². The molecule has 0 radical (unpaired) electrons. The summed E-state index contributed by atoms with van der Waals surface area (Å²) in [5, 5.41) is 0. The Hall–Kier alpha value is -0.343. The molecular weight excluding hydrogens is 428 g/mol. The number of rotatable bonds is 7. The van der Waals surface area contributed by atoms with Crippen molar-refractivity contribution in [3.63, 3.8) is 0 Å². The van der Waals surface area contributed by atoms with E-state index in [1.54, 1.807) is 5.57 Å². The molecule has 0 heterocycles. The second-order valence-electron chi connectivity index (χ2n) is 14.6. The van der Waals surface area contributed by atoms with Crippen molar-refractivity contribution in [3.8, 4) is 0 Å². The van der Waals surface area contributed by atoms with E-state index in [2.05, 4.69) is 79.4 Å². The fourth-order valence-electron chi connectivity index (χ4n) is 9.41. The summed E-state index contributed by atoms with van der Waals surface area (Å²) < 4.78 is 6.59. The van der Waals surface area contributed by atoms with Crippen molar-refractivity contribution in [3.05, 3.63) is 23.8 Å². The third kappa shape index (κ3) is 4.93. The SMILES string of the molecule is CCC(/C=C/C(C)C1CCC2C3CC=C4CC(O[Si](C)(C)C)CCC4(C)C3CCC12C)C(C)C. The summed E-state index contributed by atoms with van der Waals surface area (Å²) in [6.45, 7) is 22.1. The van der Waals surface area contributed by atoms with Gasteiger partial charge in [0.2, 0.25) is 0 Å². The average molecular weight is 485 g/mol. The molecule has 1 nitrogen and oxygen atoms in total. The number of allylic oxidation sites excluding steroid dienone is 3. The molecule has 9 atom stereocenters. The lowest BCUT2D eigenvalue weighted by Crippen LogP contribution is -2.51. The van der Waals surface area contributed by atoms with E-state index < -0.39 is 8.32 Å². The summed E-state index contributed by atoms with van der Waals surface area (Å²) in [5.74, 6) is 5.86. The summed E-state index contributed by atoms with van der Waals surface area (Å²) in [4.78, 5) is 0. The molecule has 0 spiro atoms. The van der Waals surface area contributed by atoms with Crippen LogP contribution in [0.1, 0.15) is 99.3 Å². The molecule has 4 aliphatic carbocycles. The Morgan fingerprint density at radius 2 is 1.74 bits per heavy atom. The molecule has 0 N–H and O–H groups in total. The summed E-state index contributed by atoms with van der Waals surface area (Å²) in [5.41, 5.74) is 2.76. The first kappa shape index (κ1) is 26.7. The number of hydrogen-bond donors (Lipinski definition) is 0. The van der Waals surface area contributed by atoms with Crippen LogP contribution in [0.25, 0.3) is 0 Å². The highest BCUT2D eigenvalue weighted by Crippen LogP contribution is 2.67. The maximum Gasteiger partial charge on any atom is 0.184 e. The molecule has 3 fully saturated rings. The predicted octanol–water partition coefficient (Wildman–Crippen LogP) is 9.66. The Balaban J connectivity index is 1.49. The van der Waals surface area contributed by atoms with Gasteiger partial charge in [0.25, 0.3) is 0 Å². The summed E-state index contributed by atoms with van der Waals surface area (Å²) in [6.07, 6.45) is 20.7. The van der Waals surface area contributed by atoms with Gasteiger partial charge in [0, 0.05) is 6.10 Å². The lowest BCUT2D eigenvalue weighted by Gasteiger charge is -2.58. The van der Waals surface area contributed by atoms with Crippen LogP contribution >= 0.6 is 0 Å². The van der Waals surface area contributed by atoms with Crippen LogP contribution in [0.3, 0.4) is 0 Å². The normalized spacial score (nSPS) is 42.2. The molecule has 0 amide bonds. The van der Waals surface area contributed by atoms with Gasteiger partial charge in [0.05, 0.1) is 0 Å². The molecule has 0 aromatic heterocycles. The Morgan fingerprint density at radius 3 is 2.38 bits per heavy atom. The zero-order valence-electron chi connectivity index (χ0n) is 24.1. The van der Waals surface area contributed by atoms with Crippen LogP contribution in [0.5, 0.6) is 0 Å². The van der Waals surface area contributed by atoms with E-state index in [0.29, 0.717) is 16.9 Å². The predicted molar refractivity (Wildman–Crippen MR) is 150 cm³/mol. The lowest BCUT2D eigenvalue weighted by molar-refractivity contribution is -0.0530.